The Balaban J connectivity index is 2.54. The van der Waals surface area contributed by atoms with Crippen LogP contribution in [0.1, 0.15) is 57.0 Å². The van der Waals surface area contributed by atoms with Crippen LogP contribution in [-0.4, -0.2) is 17.0 Å². The highest BCUT2D eigenvalue weighted by Crippen LogP contribution is 2.38. The quantitative estimate of drug-likeness (QED) is 0.838. The molecule has 0 heterocycles. The summed E-state index contributed by atoms with van der Waals surface area (Å²) >= 11 is 0. The molecule has 0 aliphatic heterocycles. The number of carboxylic acids is 1. The molecule has 90 valence electrons. The van der Waals surface area contributed by atoms with Crippen LogP contribution in [-0.2, 0) is 0 Å². The minimum Gasteiger partial charge on any atom is -0.478 e. The fourth-order valence-electron chi connectivity index (χ4n) is 2.23. The Bertz CT molecular complexity index is 490. The Morgan fingerprint density at radius 1 is 1.29 bits per heavy atom. The minimum atomic E-state index is -1.02. The van der Waals surface area contributed by atoms with Gasteiger partial charge in [-0.2, -0.15) is 0 Å². The van der Waals surface area contributed by atoms with E-state index in [0.717, 1.165) is 24.8 Å². The van der Waals surface area contributed by atoms with Gasteiger partial charge in [-0.05, 0) is 42.9 Å². The number of primary amides is 1. The average Bonchev–Trinajstić information content (AvgIpc) is 2.13. The summed E-state index contributed by atoms with van der Waals surface area (Å²) in [4.78, 5) is 22.4. The normalized spacial score (nSPS) is 15.4. The molecule has 1 aromatic rings. The SMILES string of the molecule is Cc1cc(C2CCC2)c(C(N)=O)cc1C(=O)O. The molecule has 0 spiro atoms. The summed E-state index contributed by atoms with van der Waals surface area (Å²) in [6, 6.07) is 3.21. The predicted octanol–water partition coefficient (Wildman–Crippen LogP) is 2.06. The number of aromatic carboxylic acids is 1. The monoisotopic (exact) mass is 233 g/mol. The van der Waals surface area contributed by atoms with Crippen molar-refractivity contribution in [2.75, 3.05) is 0 Å². The lowest BCUT2D eigenvalue weighted by Gasteiger charge is -2.28. The van der Waals surface area contributed by atoms with E-state index in [9.17, 15) is 9.59 Å². The molecule has 0 radical (unpaired) electrons. The Labute approximate surface area is 99.4 Å². The number of benzene rings is 1. The van der Waals surface area contributed by atoms with Crippen molar-refractivity contribution in [1.82, 2.24) is 0 Å². The van der Waals surface area contributed by atoms with Crippen molar-refractivity contribution in [2.45, 2.75) is 32.1 Å². The van der Waals surface area contributed by atoms with Gasteiger partial charge in [0, 0.05) is 5.56 Å². The van der Waals surface area contributed by atoms with Crippen molar-refractivity contribution in [1.29, 1.82) is 0 Å². The molecule has 1 aliphatic rings. The second kappa shape index (κ2) is 4.20. The molecule has 4 heteroatoms. The molecule has 0 aromatic heterocycles. The Morgan fingerprint density at radius 3 is 2.35 bits per heavy atom. The third-order valence-corrected chi connectivity index (χ3v) is 3.44. The fourth-order valence-corrected chi connectivity index (χ4v) is 2.23. The first kappa shape index (κ1) is 11.6. The lowest BCUT2D eigenvalue weighted by Crippen LogP contribution is -2.20. The van der Waals surface area contributed by atoms with Gasteiger partial charge in [0.05, 0.1) is 5.56 Å². The Morgan fingerprint density at radius 2 is 1.94 bits per heavy atom. The molecule has 1 amide bonds. The zero-order valence-corrected chi connectivity index (χ0v) is 9.69. The molecule has 0 saturated heterocycles. The number of carbonyl (C=O) groups is 2. The van der Waals surface area contributed by atoms with Crippen molar-refractivity contribution in [3.05, 3.63) is 34.4 Å². The lowest BCUT2D eigenvalue weighted by atomic mass is 9.77. The summed E-state index contributed by atoms with van der Waals surface area (Å²) in [6.45, 7) is 1.75. The predicted molar refractivity (Wildman–Crippen MR) is 63.2 cm³/mol. The maximum absolute atomic E-state index is 11.4. The van der Waals surface area contributed by atoms with Crippen molar-refractivity contribution in [3.8, 4) is 0 Å². The number of hydrogen-bond donors (Lipinski definition) is 2. The third-order valence-electron chi connectivity index (χ3n) is 3.44. The summed E-state index contributed by atoms with van der Waals surface area (Å²) in [5, 5.41) is 9.02. The van der Waals surface area contributed by atoms with Gasteiger partial charge in [-0.25, -0.2) is 4.79 Å². The van der Waals surface area contributed by atoms with Gasteiger partial charge in [0.1, 0.15) is 0 Å². The molecule has 0 bridgehead atoms. The van der Waals surface area contributed by atoms with Crippen LogP contribution in [0.5, 0.6) is 0 Å². The molecule has 4 nitrogen and oxygen atoms in total. The minimum absolute atomic E-state index is 0.155. The van der Waals surface area contributed by atoms with Crippen molar-refractivity contribution in [3.63, 3.8) is 0 Å². The Kier molecular flexibility index (Phi) is 2.88. The van der Waals surface area contributed by atoms with E-state index in [0.29, 0.717) is 17.0 Å². The van der Waals surface area contributed by atoms with E-state index in [4.69, 9.17) is 10.8 Å². The highest BCUT2D eigenvalue weighted by atomic mass is 16.4. The molecule has 3 N–H and O–H groups in total. The first-order valence-corrected chi connectivity index (χ1v) is 5.68. The summed E-state index contributed by atoms with van der Waals surface area (Å²) in [5.74, 6) is -1.21. The summed E-state index contributed by atoms with van der Waals surface area (Å²) in [7, 11) is 0. The molecule has 17 heavy (non-hydrogen) atoms. The molecule has 1 saturated carbocycles. The van der Waals surface area contributed by atoms with Gasteiger partial charge in [-0.3, -0.25) is 4.79 Å². The van der Waals surface area contributed by atoms with Crippen molar-refractivity contribution < 1.29 is 14.7 Å². The van der Waals surface area contributed by atoms with Gasteiger partial charge in [-0.15, -0.1) is 0 Å². The van der Waals surface area contributed by atoms with Crippen LogP contribution >= 0.6 is 0 Å². The van der Waals surface area contributed by atoms with Gasteiger partial charge in [0.25, 0.3) is 0 Å². The first-order valence-electron chi connectivity index (χ1n) is 5.68. The molecule has 0 unspecified atom stereocenters. The average molecular weight is 233 g/mol. The number of carboxylic acid groups (broad SMARTS) is 1. The van der Waals surface area contributed by atoms with Crippen molar-refractivity contribution >= 4 is 11.9 Å². The second-order valence-corrected chi connectivity index (χ2v) is 4.55. The maximum Gasteiger partial charge on any atom is 0.335 e. The number of amides is 1. The zero-order valence-electron chi connectivity index (χ0n) is 9.69. The highest BCUT2D eigenvalue weighted by Gasteiger charge is 2.25. The number of carbonyl (C=O) groups excluding carboxylic acids is 1. The van der Waals surface area contributed by atoms with E-state index >= 15 is 0 Å². The molecule has 1 fully saturated rings. The van der Waals surface area contributed by atoms with Crippen LogP contribution in [0, 0.1) is 6.92 Å². The smallest absolute Gasteiger partial charge is 0.335 e. The van der Waals surface area contributed by atoms with Crippen LogP contribution in [0.3, 0.4) is 0 Å². The Hall–Kier alpha value is -1.84. The second-order valence-electron chi connectivity index (χ2n) is 4.55. The fraction of sp³-hybridized carbons (Fsp3) is 0.385. The molecular weight excluding hydrogens is 218 g/mol. The summed E-state index contributed by atoms with van der Waals surface area (Å²) in [6.07, 6.45) is 3.25. The van der Waals surface area contributed by atoms with Crippen LogP contribution in [0.2, 0.25) is 0 Å². The van der Waals surface area contributed by atoms with E-state index in [1.54, 1.807) is 13.0 Å². The molecule has 0 atom stereocenters. The molecule has 2 rings (SSSR count). The van der Waals surface area contributed by atoms with E-state index in [2.05, 4.69) is 0 Å². The van der Waals surface area contributed by atoms with E-state index in [1.165, 1.54) is 6.07 Å². The van der Waals surface area contributed by atoms with Crippen LogP contribution < -0.4 is 5.73 Å². The van der Waals surface area contributed by atoms with E-state index in [-0.39, 0.29) is 5.56 Å². The van der Waals surface area contributed by atoms with Gasteiger partial charge >= 0.3 is 5.97 Å². The van der Waals surface area contributed by atoms with Gasteiger partial charge in [0.15, 0.2) is 0 Å². The third kappa shape index (κ3) is 2.02. The standard InChI is InChI=1S/C13H15NO3/c1-7-5-10(8-3-2-4-8)11(12(14)15)6-9(7)13(16)17/h5-6,8H,2-4H2,1H3,(H2,14,15)(H,16,17). The molecule has 1 aliphatic carbocycles. The van der Waals surface area contributed by atoms with E-state index < -0.39 is 11.9 Å². The number of aryl methyl sites for hydroxylation is 1. The number of rotatable bonds is 3. The number of nitrogens with two attached hydrogens (primary N) is 1. The zero-order chi connectivity index (χ0) is 12.6. The van der Waals surface area contributed by atoms with Crippen molar-refractivity contribution in [2.24, 2.45) is 5.73 Å². The summed E-state index contributed by atoms with van der Waals surface area (Å²) in [5.41, 5.74) is 7.43. The number of hydrogen-bond acceptors (Lipinski definition) is 2. The van der Waals surface area contributed by atoms with Crippen LogP contribution in [0.25, 0.3) is 0 Å². The molecular formula is C13H15NO3. The van der Waals surface area contributed by atoms with Gasteiger partial charge in [0.2, 0.25) is 5.91 Å². The largest absolute Gasteiger partial charge is 0.478 e. The van der Waals surface area contributed by atoms with Crippen LogP contribution in [0.15, 0.2) is 12.1 Å². The van der Waals surface area contributed by atoms with Gasteiger partial charge in [-0.1, -0.05) is 12.5 Å². The summed E-state index contributed by atoms with van der Waals surface area (Å²) < 4.78 is 0. The van der Waals surface area contributed by atoms with Gasteiger partial charge < -0.3 is 10.8 Å². The maximum atomic E-state index is 11.4. The van der Waals surface area contributed by atoms with E-state index in [1.807, 2.05) is 0 Å². The first-order chi connectivity index (χ1) is 8.00. The topological polar surface area (TPSA) is 80.4 Å². The lowest BCUT2D eigenvalue weighted by molar-refractivity contribution is 0.0696. The highest BCUT2D eigenvalue weighted by molar-refractivity contribution is 5.98. The molecule has 1 aromatic carbocycles. The van der Waals surface area contributed by atoms with Crippen LogP contribution in [0.4, 0.5) is 0 Å².